The van der Waals surface area contributed by atoms with Gasteiger partial charge in [0.2, 0.25) is 0 Å². The smallest absolute Gasteiger partial charge is 0.319 e. The number of piperazine rings is 1. The van der Waals surface area contributed by atoms with Crippen LogP contribution in [0.1, 0.15) is 12.6 Å². The van der Waals surface area contributed by atoms with E-state index in [1.54, 1.807) is 0 Å². The minimum atomic E-state index is -0.183. The third-order valence-corrected chi connectivity index (χ3v) is 4.61. The van der Waals surface area contributed by atoms with E-state index in [1.165, 1.54) is 0 Å². The van der Waals surface area contributed by atoms with Crippen molar-refractivity contribution < 1.29 is 4.79 Å². The number of benzene rings is 1. The Balaban J connectivity index is 1.58. The van der Waals surface area contributed by atoms with Gasteiger partial charge in [0, 0.05) is 49.8 Å². The number of pyridine rings is 1. The summed E-state index contributed by atoms with van der Waals surface area (Å²) < 4.78 is 0. The summed E-state index contributed by atoms with van der Waals surface area (Å²) in [5, 5.41) is 7.00. The van der Waals surface area contributed by atoms with Crippen molar-refractivity contribution in [2.75, 3.05) is 45.1 Å². The molecule has 2 heterocycles. The van der Waals surface area contributed by atoms with Crippen LogP contribution in [0.5, 0.6) is 0 Å². The van der Waals surface area contributed by atoms with Crippen molar-refractivity contribution in [3.8, 4) is 0 Å². The summed E-state index contributed by atoms with van der Waals surface area (Å²) in [7, 11) is 2.15. The number of amides is 2. The number of hydrogen-bond donors (Lipinski definition) is 2. The topological polar surface area (TPSA) is 60.5 Å². The predicted molar refractivity (Wildman–Crippen MR) is 102 cm³/mol. The Hall–Kier alpha value is -2.18. The fraction of sp³-hybridized carbons (Fsp3) is 0.474. The summed E-state index contributed by atoms with van der Waals surface area (Å²) in [5.74, 6) is 0. The quantitative estimate of drug-likeness (QED) is 0.896. The fourth-order valence-electron chi connectivity index (χ4n) is 3.19. The number of likely N-dealkylation sites (N-methyl/N-ethyl adjacent to an activating group) is 1. The van der Waals surface area contributed by atoms with Crippen LogP contribution in [0.3, 0.4) is 0 Å². The maximum absolute atomic E-state index is 12.4. The van der Waals surface area contributed by atoms with Crippen molar-refractivity contribution >= 4 is 22.6 Å². The number of hydrogen-bond acceptors (Lipinski definition) is 4. The molecule has 1 saturated heterocycles. The summed E-state index contributed by atoms with van der Waals surface area (Å²) in [6, 6.07) is 9.73. The largest absolute Gasteiger partial charge is 0.334 e. The lowest BCUT2D eigenvalue weighted by Crippen LogP contribution is -2.50. The highest BCUT2D eigenvalue weighted by Crippen LogP contribution is 2.21. The van der Waals surface area contributed by atoms with Gasteiger partial charge in [-0.25, -0.2) is 4.79 Å². The van der Waals surface area contributed by atoms with E-state index in [0.29, 0.717) is 0 Å². The zero-order chi connectivity index (χ0) is 17.8. The molecular formula is C19H27N5O. The van der Waals surface area contributed by atoms with Gasteiger partial charge in [-0.3, -0.25) is 9.88 Å². The van der Waals surface area contributed by atoms with Gasteiger partial charge in [0.15, 0.2) is 0 Å². The first-order valence-electron chi connectivity index (χ1n) is 8.86. The number of aryl methyl sites for hydroxylation is 1. The molecule has 134 valence electrons. The average Bonchev–Trinajstić information content (AvgIpc) is 2.57. The second-order valence-electron chi connectivity index (χ2n) is 6.93. The van der Waals surface area contributed by atoms with E-state index in [-0.39, 0.29) is 12.1 Å². The number of nitrogens with one attached hydrogen (secondary N) is 2. The zero-order valence-electron chi connectivity index (χ0n) is 15.2. The van der Waals surface area contributed by atoms with Crippen LogP contribution in [0.4, 0.5) is 10.5 Å². The highest BCUT2D eigenvalue weighted by atomic mass is 16.2. The molecule has 1 atom stereocenters. The summed E-state index contributed by atoms with van der Waals surface area (Å²) in [6.45, 7) is 9.14. The van der Waals surface area contributed by atoms with Crippen LogP contribution in [0.25, 0.3) is 10.9 Å². The minimum Gasteiger partial charge on any atom is -0.334 e. The van der Waals surface area contributed by atoms with E-state index in [2.05, 4.69) is 32.5 Å². The average molecular weight is 341 g/mol. The van der Waals surface area contributed by atoms with Crippen LogP contribution in [0.15, 0.2) is 30.3 Å². The molecule has 0 radical (unpaired) electrons. The predicted octanol–water partition coefficient (Wildman–Crippen LogP) is 2.30. The molecule has 1 aliphatic heterocycles. The highest BCUT2D eigenvalue weighted by Gasteiger charge is 2.17. The molecule has 1 fully saturated rings. The number of fused-ring (bicyclic) bond motifs is 1. The Labute approximate surface area is 149 Å². The SMILES string of the molecule is Cc1ccc2cccc(NC(=O)N[C@@H](C)CN3CCN(C)CC3)c2n1. The van der Waals surface area contributed by atoms with Gasteiger partial charge in [-0.2, -0.15) is 0 Å². The molecule has 6 nitrogen and oxygen atoms in total. The number of rotatable bonds is 4. The molecule has 3 rings (SSSR count). The first-order chi connectivity index (χ1) is 12.0. The van der Waals surface area contributed by atoms with Crippen LogP contribution < -0.4 is 10.6 Å². The monoisotopic (exact) mass is 341 g/mol. The van der Waals surface area contributed by atoms with Gasteiger partial charge in [-0.1, -0.05) is 18.2 Å². The second kappa shape index (κ2) is 7.80. The molecule has 1 aromatic carbocycles. The van der Waals surface area contributed by atoms with Crippen LogP contribution in [0, 0.1) is 6.92 Å². The Bertz CT molecular complexity index is 740. The van der Waals surface area contributed by atoms with Gasteiger partial charge >= 0.3 is 6.03 Å². The van der Waals surface area contributed by atoms with Crippen molar-refractivity contribution in [3.63, 3.8) is 0 Å². The van der Waals surface area contributed by atoms with E-state index in [1.807, 2.05) is 44.2 Å². The molecule has 25 heavy (non-hydrogen) atoms. The number of nitrogens with zero attached hydrogens (tertiary/aromatic N) is 3. The van der Waals surface area contributed by atoms with Crippen LogP contribution in [-0.4, -0.2) is 66.6 Å². The first kappa shape index (κ1) is 17.6. The lowest BCUT2D eigenvalue weighted by molar-refractivity contribution is 0.145. The van der Waals surface area contributed by atoms with E-state index in [0.717, 1.165) is 55.0 Å². The minimum absolute atomic E-state index is 0.0908. The van der Waals surface area contributed by atoms with Crippen LogP contribution >= 0.6 is 0 Å². The number of carbonyl (C=O) groups excluding carboxylic acids is 1. The molecule has 6 heteroatoms. The Morgan fingerprint density at radius 3 is 2.72 bits per heavy atom. The van der Waals surface area contributed by atoms with Gasteiger partial charge < -0.3 is 15.5 Å². The number of carbonyl (C=O) groups is 1. The fourth-order valence-corrected chi connectivity index (χ4v) is 3.19. The molecule has 0 bridgehead atoms. The van der Waals surface area contributed by atoms with Crippen molar-refractivity contribution in [2.45, 2.75) is 19.9 Å². The Morgan fingerprint density at radius 2 is 1.96 bits per heavy atom. The standard InChI is InChI=1S/C19H27N5O/c1-14-7-8-16-5-4-6-17(18(16)20-14)22-19(25)21-15(2)13-24-11-9-23(3)10-12-24/h4-8,15H,9-13H2,1-3H3,(H2,21,22,25)/t15-/m0/s1. The number of anilines is 1. The van der Waals surface area contributed by atoms with Crippen molar-refractivity contribution in [1.82, 2.24) is 20.1 Å². The van der Waals surface area contributed by atoms with Crippen molar-refractivity contribution in [1.29, 1.82) is 0 Å². The zero-order valence-corrected chi connectivity index (χ0v) is 15.2. The maximum atomic E-state index is 12.4. The molecule has 1 aliphatic rings. The molecule has 2 amide bonds. The summed E-state index contributed by atoms with van der Waals surface area (Å²) in [6.07, 6.45) is 0. The van der Waals surface area contributed by atoms with Gasteiger partial charge in [-0.05, 0) is 33.0 Å². The Morgan fingerprint density at radius 1 is 1.20 bits per heavy atom. The molecule has 1 aromatic heterocycles. The van der Waals surface area contributed by atoms with Gasteiger partial charge in [0.1, 0.15) is 0 Å². The first-order valence-corrected chi connectivity index (χ1v) is 8.86. The number of urea groups is 1. The Kier molecular flexibility index (Phi) is 5.50. The molecule has 2 N–H and O–H groups in total. The van der Waals surface area contributed by atoms with E-state index in [4.69, 9.17) is 0 Å². The molecule has 0 spiro atoms. The van der Waals surface area contributed by atoms with E-state index < -0.39 is 0 Å². The van der Waals surface area contributed by atoms with Gasteiger partial charge in [0.25, 0.3) is 0 Å². The van der Waals surface area contributed by atoms with Crippen LogP contribution in [0.2, 0.25) is 0 Å². The lowest BCUT2D eigenvalue weighted by Gasteiger charge is -2.34. The number of aromatic nitrogens is 1. The highest BCUT2D eigenvalue weighted by molar-refractivity contribution is 5.99. The van der Waals surface area contributed by atoms with Crippen molar-refractivity contribution in [2.24, 2.45) is 0 Å². The summed E-state index contributed by atoms with van der Waals surface area (Å²) in [5.41, 5.74) is 2.50. The molecule has 0 saturated carbocycles. The third-order valence-electron chi connectivity index (χ3n) is 4.61. The second-order valence-corrected chi connectivity index (χ2v) is 6.93. The summed E-state index contributed by atoms with van der Waals surface area (Å²) >= 11 is 0. The van der Waals surface area contributed by atoms with Gasteiger partial charge in [-0.15, -0.1) is 0 Å². The summed E-state index contributed by atoms with van der Waals surface area (Å²) in [4.78, 5) is 21.6. The normalized spacial score (nSPS) is 17.4. The number of para-hydroxylation sites is 1. The van der Waals surface area contributed by atoms with E-state index >= 15 is 0 Å². The maximum Gasteiger partial charge on any atom is 0.319 e. The van der Waals surface area contributed by atoms with E-state index in [9.17, 15) is 4.79 Å². The molecule has 0 aliphatic carbocycles. The van der Waals surface area contributed by atoms with Gasteiger partial charge in [0.05, 0.1) is 11.2 Å². The van der Waals surface area contributed by atoms with Crippen LogP contribution in [-0.2, 0) is 0 Å². The molecule has 2 aromatic rings. The van der Waals surface area contributed by atoms with Crippen molar-refractivity contribution in [3.05, 3.63) is 36.0 Å². The lowest BCUT2D eigenvalue weighted by atomic mass is 10.2. The molecule has 0 unspecified atom stereocenters. The molecular weight excluding hydrogens is 314 g/mol. The third kappa shape index (κ3) is 4.67.